The maximum absolute atomic E-state index is 12.8. The molecule has 20 heavy (non-hydrogen) atoms. The van der Waals surface area contributed by atoms with Crippen LogP contribution in [0.25, 0.3) is 0 Å². The van der Waals surface area contributed by atoms with Gasteiger partial charge in [-0.3, -0.25) is 9.78 Å². The second kappa shape index (κ2) is 6.68. The fraction of sp³-hybridized carbons (Fsp3) is 0.600. The number of halogens is 1. The topological polar surface area (TPSA) is 33.2 Å². The fourth-order valence-corrected chi connectivity index (χ4v) is 3.35. The summed E-state index contributed by atoms with van der Waals surface area (Å²) in [7, 11) is 0. The molecule has 0 unspecified atom stereocenters. The highest BCUT2D eigenvalue weighted by atomic mass is 32.2. The van der Waals surface area contributed by atoms with Crippen LogP contribution in [0.4, 0.5) is 4.39 Å². The van der Waals surface area contributed by atoms with Crippen molar-refractivity contribution >= 4 is 17.5 Å². The van der Waals surface area contributed by atoms with E-state index in [9.17, 15) is 9.18 Å². The zero-order chi connectivity index (χ0) is 14.6. The first-order valence-electron chi connectivity index (χ1n) is 6.97. The maximum atomic E-state index is 12.8. The first-order valence-corrected chi connectivity index (χ1v) is 7.96. The van der Waals surface area contributed by atoms with Crippen molar-refractivity contribution in [3.8, 4) is 0 Å². The minimum atomic E-state index is -0.409. The zero-order valence-corrected chi connectivity index (χ0v) is 12.9. The van der Waals surface area contributed by atoms with Crippen molar-refractivity contribution in [3.05, 3.63) is 29.8 Å². The SMILES string of the molecule is CC1(C)CCN(CCC(=O)c2ccc(F)cn2)CCS1. The molecule has 2 rings (SSSR count). The Morgan fingerprint density at radius 2 is 2.25 bits per heavy atom. The molecule has 1 fully saturated rings. The van der Waals surface area contributed by atoms with Gasteiger partial charge in [0.1, 0.15) is 11.5 Å². The molecule has 0 atom stereocenters. The van der Waals surface area contributed by atoms with E-state index < -0.39 is 5.82 Å². The molecule has 1 aromatic heterocycles. The van der Waals surface area contributed by atoms with Crippen LogP contribution in [-0.4, -0.2) is 45.8 Å². The molecule has 0 aliphatic carbocycles. The molecule has 0 N–H and O–H groups in total. The summed E-state index contributed by atoms with van der Waals surface area (Å²) in [4.78, 5) is 18.2. The number of thioether (sulfide) groups is 1. The van der Waals surface area contributed by atoms with Gasteiger partial charge in [0.05, 0.1) is 6.20 Å². The molecule has 2 heterocycles. The molecule has 0 spiro atoms. The predicted octanol–water partition coefficient (Wildman–Crippen LogP) is 3.01. The third-order valence-corrected chi connectivity index (χ3v) is 4.97. The highest BCUT2D eigenvalue weighted by molar-refractivity contribution is 8.00. The van der Waals surface area contributed by atoms with Gasteiger partial charge in [0.15, 0.2) is 5.78 Å². The van der Waals surface area contributed by atoms with Gasteiger partial charge in [0, 0.05) is 30.0 Å². The Bertz CT molecular complexity index is 461. The van der Waals surface area contributed by atoms with Crippen molar-refractivity contribution in [1.29, 1.82) is 0 Å². The summed E-state index contributed by atoms with van der Waals surface area (Å²) in [5, 5.41) is 0. The van der Waals surface area contributed by atoms with Crippen molar-refractivity contribution in [3.63, 3.8) is 0 Å². The normalized spacial score (nSPS) is 19.6. The predicted molar refractivity (Wildman–Crippen MR) is 80.7 cm³/mol. The number of hydrogen-bond acceptors (Lipinski definition) is 4. The van der Waals surface area contributed by atoms with Gasteiger partial charge in [-0.1, -0.05) is 13.8 Å². The van der Waals surface area contributed by atoms with E-state index >= 15 is 0 Å². The summed E-state index contributed by atoms with van der Waals surface area (Å²) < 4.78 is 13.1. The van der Waals surface area contributed by atoms with Gasteiger partial charge >= 0.3 is 0 Å². The van der Waals surface area contributed by atoms with Crippen molar-refractivity contribution < 1.29 is 9.18 Å². The molecule has 0 radical (unpaired) electrons. The van der Waals surface area contributed by atoms with Crippen LogP contribution >= 0.6 is 11.8 Å². The first-order chi connectivity index (χ1) is 9.46. The largest absolute Gasteiger partial charge is 0.302 e. The van der Waals surface area contributed by atoms with Crippen LogP contribution in [-0.2, 0) is 0 Å². The summed E-state index contributed by atoms with van der Waals surface area (Å²) in [6.45, 7) is 7.36. The Morgan fingerprint density at radius 3 is 2.95 bits per heavy atom. The number of carbonyl (C=O) groups excluding carboxylic acids is 1. The Labute approximate surface area is 124 Å². The van der Waals surface area contributed by atoms with E-state index in [0.29, 0.717) is 16.9 Å². The molecule has 110 valence electrons. The fourth-order valence-electron chi connectivity index (χ4n) is 2.21. The van der Waals surface area contributed by atoms with E-state index in [1.54, 1.807) is 0 Å². The third-order valence-electron chi connectivity index (χ3n) is 3.60. The Balaban J connectivity index is 1.83. The van der Waals surface area contributed by atoms with Crippen molar-refractivity contribution in [2.75, 3.05) is 25.4 Å². The number of pyridine rings is 1. The summed E-state index contributed by atoms with van der Waals surface area (Å²) in [6, 6.07) is 2.74. The number of rotatable bonds is 4. The number of hydrogen-bond donors (Lipinski definition) is 0. The number of ketones is 1. The maximum Gasteiger partial charge on any atom is 0.182 e. The van der Waals surface area contributed by atoms with Crippen LogP contribution in [0.3, 0.4) is 0 Å². The second-order valence-electron chi connectivity index (χ2n) is 5.73. The van der Waals surface area contributed by atoms with Crippen LogP contribution in [0.5, 0.6) is 0 Å². The lowest BCUT2D eigenvalue weighted by Crippen LogP contribution is -2.29. The third kappa shape index (κ3) is 4.56. The molecule has 0 aromatic carbocycles. The monoisotopic (exact) mass is 296 g/mol. The molecule has 3 nitrogen and oxygen atoms in total. The van der Waals surface area contributed by atoms with E-state index in [0.717, 1.165) is 38.0 Å². The van der Waals surface area contributed by atoms with Crippen LogP contribution in [0.2, 0.25) is 0 Å². The van der Waals surface area contributed by atoms with Crippen LogP contribution in [0.1, 0.15) is 37.2 Å². The first kappa shape index (κ1) is 15.4. The molecule has 5 heteroatoms. The van der Waals surface area contributed by atoms with Gasteiger partial charge < -0.3 is 4.90 Å². The van der Waals surface area contributed by atoms with Gasteiger partial charge in [-0.05, 0) is 25.1 Å². The summed E-state index contributed by atoms with van der Waals surface area (Å²) in [6.07, 6.45) is 2.68. The van der Waals surface area contributed by atoms with Crippen LogP contribution < -0.4 is 0 Å². The van der Waals surface area contributed by atoms with Gasteiger partial charge in [-0.2, -0.15) is 11.8 Å². The van der Waals surface area contributed by atoms with Gasteiger partial charge in [0.2, 0.25) is 0 Å². The van der Waals surface area contributed by atoms with Gasteiger partial charge in [-0.15, -0.1) is 0 Å². The second-order valence-corrected chi connectivity index (χ2v) is 7.54. The standard InChI is InChI=1S/C15H21FN2OS/c1-15(2)6-8-18(9-10-20-15)7-5-14(19)13-4-3-12(16)11-17-13/h3-4,11H,5-10H2,1-2H3. The molecular formula is C15H21FN2OS. The molecule has 1 aliphatic heterocycles. The number of nitrogens with zero attached hydrogens (tertiary/aromatic N) is 2. The molecule has 0 amide bonds. The van der Waals surface area contributed by atoms with E-state index in [1.807, 2.05) is 11.8 Å². The Hall–Kier alpha value is -0.940. The molecule has 0 bridgehead atoms. The van der Waals surface area contributed by atoms with Gasteiger partial charge in [-0.25, -0.2) is 4.39 Å². The van der Waals surface area contributed by atoms with Gasteiger partial charge in [0.25, 0.3) is 0 Å². The minimum Gasteiger partial charge on any atom is -0.302 e. The summed E-state index contributed by atoms with van der Waals surface area (Å²) in [5.41, 5.74) is 0.357. The Morgan fingerprint density at radius 1 is 1.45 bits per heavy atom. The molecule has 1 saturated heterocycles. The average molecular weight is 296 g/mol. The number of carbonyl (C=O) groups is 1. The molecular weight excluding hydrogens is 275 g/mol. The number of Topliss-reactive ketones (excluding diaryl/α,β-unsaturated/α-hetero) is 1. The smallest absolute Gasteiger partial charge is 0.182 e. The number of aromatic nitrogens is 1. The Kier molecular flexibility index (Phi) is 5.16. The quantitative estimate of drug-likeness (QED) is 0.800. The van der Waals surface area contributed by atoms with Crippen molar-refractivity contribution in [1.82, 2.24) is 9.88 Å². The van der Waals surface area contributed by atoms with E-state index in [2.05, 4.69) is 23.7 Å². The summed E-state index contributed by atoms with van der Waals surface area (Å²) in [5.74, 6) is 0.685. The van der Waals surface area contributed by atoms with Crippen molar-refractivity contribution in [2.24, 2.45) is 0 Å². The molecule has 0 saturated carbocycles. The minimum absolute atomic E-state index is 0.0128. The lowest BCUT2D eigenvalue weighted by atomic mass is 10.1. The molecule has 1 aromatic rings. The highest BCUT2D eigenvalue weighted by Crippen LogP contribution is 2.30. The summed E-state index contributed by atoms with van der Waals surface area (Å²) >= 11 is 2.00. The zero-order valence-electron chi connectivity index (χ0n) is 12.1. The van der Waals surface area contributed by atoms with E-state index in [4.69, 9.17) is 0 Å². The average Bonchev–Trinajstić information content (AvgIpc) is 2.58. The molecule has 1 aliphatic rings. The van der Waals surface area contributed by atoms with Crippen LogP contribution in [0.15, 0.2) is 18.3 Å². The van der Waals surface area contributed by atoms with Crippen molar-refractivity contribution in [2.45, 2.75) is 31.4 Å². The van der Waals surface area contributed by atoms with E-state index in [-0.39, 0.29) is 5.78 Å². The lowest BCUT2D eigenvalue weighted by molar-refractivity contribution is 0.0960. The lowest BCUT2D eigenvalue weighted by Gasteiger charge is -2.22. The van der Waals surface area contributed by atoms with Crippen LogP contribution in [0, 0.1) is 5.82 Å². The highest BCUT2D eigenvalue weighted by Gasteiger charge is 2.23. The van der Waals surface area contributed by atoms with E-state index in [1.165, 1.54) is 12.1 Å².